The minimum Gasteiger partial charge on any atom is -0.497 e. The van der Waals surface area contributed by atoms with Crippen LogP contribution in [0.5, 0.6) is 5.75 Å². The number of carbonyl (C=O) groups is 1. The van der Waals surface area contributed by atoms with Crippen LogP contribution in [0.15, 0.2) is 65.5 Å². The maximum absolute atomic E-state index is 12.1. The van der Waals surface area contributed by atoms with E-state index in [0.717, 1.165) is 11.3 Å². The number of carbonyl (C=O) groups excluding carboxylic acids is 1. The zero-order valence-electron chi connectivity index (χ0n) is 15.4. The van der Waals surface area contributed by atoms with E-state index in [-0.39, 0.29) is 17.9 Å². The molecule has 3 rings (SSSR count). The van der Waals surface area contributed by atoms with Crippen molar-refractivity contribution in [2.75, 3.05) is 12.4 Å². The highest BCUT2D eigenvalue weighted by Crippen LogP contribution is 2.18. The van der Waals surface area contributed by atoms with Crippen LogP contribution in [-0.4, -0.2) is 22.8 Å². The van der Waals surface area contributed by atoms with Gasteiger partial charge in [0, 0.05) is 35.3 Å². The molecule has 1 amide bonds. The van der Waals surface area contributed by atoms with E-state index in [2.05, 4.69) is 10.4 Å². The molecular formula is C21H20ClN3O3. The summed E-state index contributed by atoms with van der Waals surface area (Å²) >= 11 is 5.91. The fourth-order valence-electron chi connectivity index (χ4n) is 2.67. The van der Waals surface area contributed by atoms with Crippen LogP contribution in [0.2, 0.25) is 5.02 Å². The van der Waals surface area contributed by atoms with Gasteiger partial charge in [0.25, 0.3) is 5.56 Å². The third kappa shape index (κ3) is 5.20. The number of rotatable bonds is 7. The molecule has 1 N–H and O–H groups in total. The largest absolute Gasteiger partial charge is 0.497 e. The second kappa shape index (κ2) is 9.19. The van der Waals surface area contributed by atoms with Crippen molar-refractivity contribution in [2.45, 2.75) is 19.4 Å². The topological polar surface area (TPSA) is 73.2 Å². The lowest BCUT2D eigenvalue weighted by molar-refractivity contribution is -0.116. The highest BCUT2D eigenvalue weighted by atomic mass is 35.5. The molecule has 3 aromatic rings. The monoisotopic (exact) mass is 397 g/mol. The van der Waals surface area contributed by atoms with Crippen molar-refractivity contribution in [2.24, 2.45) is 0 Å². The van der Waals surface area contributed by atoms with Gasteiger partial charge in [-0.25, -0.2) is 4.68 Å². The molecule has 0 spiro atoms. The number of nitrogens with one attached hydrogen (secondary N) is 1. The Hall–Kier alpha value is -3.12. The first-order valence-corrected chi connectivity index (χ1v) is 9.21. The average Bonchev–Trinajstić information content (AvgIpc) is 2.70. The molecule has 7 heteroatoms. The normalized spacial score (nSPS) is 10.5. The Balaban J connectivity index is 1.57. The van der Waals surface area contributed by atoms with Crippen molar-refractivity contribution in [1.29, 1.82) is 0 Å². The average molecular weight is 398 g/mol. The van der Waals surface area contributed by atoms with Gasteiger partial charge in [-0.15, -0.1) is 0 Å². The molecule has 0 aliphatic heterocycles. The predicted molar refractivity (Wildman–Crippen MR) is 110 cm³/mol. The first kappa shape index (κ1) is 19.6. The zero-order chi connectivity index (χ0) is 19.9. The van der Waals surface area contributed by atoms with E-state index in [4.69, 9.17) is 16.3 Å². The Morgan fingerprint density at radius 3 is 2.46 bits per heavy atom. The van der Waals surface area contributed by atoms with Gasteiger partial charge < -0.3 is 10.1 Å². The van der Waals surface area contributed by atoms with Crippen LogP contribution in [0.1, 0.15) is 12.8 Å². The number of benzene rings is 2. The van der Waals surface area contributed by atoms with Crippen LogP contribution in [-0.2, 0) is 11.3 Å². The van der Waals surface area contributed by atoms with Crippen LogP contribution in [0.4, 0.5) is 5.69 Å². The molecule has 2 aromatic carbocycles. The van der Waals surface area contributed by atoms with E-state index in [9.17, 15) is 9.59 Å². The number of hydrogen-bond acceptors (Lipinski definition) is 4. The zero-order valence-corrected chi connectivity index (χ0v) is 16.1. The van der Waals surface area contributed by atoms with Gasteiger partial charge in [0.2, 0.25) is 5.91 Å². The molecule has 0 saturated carbocycles. The van der Waals surface area contributed by atoms with Gasteiger partial charge in [-0.05, 0) is 48.9 Å². The number of nitrogens with zero attached hydrogens (tertiary/aromatic N) is 2. The Bertz CT molecular complexity index is 999. The number of methoxy groups -OCH3 is 1. The fraction of sp³-hybridized carbons (Fsp3) is 0.190. The molecule has 0 fully saturated rings. The molecule has 1 heterocycles. The van der Waals surface area contributed by atoms with Crippen molar-refractivity contribution >= 4 is 23.2 Å². The molecule has 28 heavy (non-hydrogen) atoms. The van der Waals surface area contributed by atoms with Crippen molar-refractivity contribution < 1.29 is 9.53 Å². The fourth-order valence-corrected chi connectivity index (χ4v) is 2.80. The third-order valence-corrected chi connectivity index (χ3v) is 4.41. The first-order chi connectivity index (χ1) is 13.5. The van der Waals surface area contributed by atoms with Gasteiger partial charge in [-0.2, -0.15) is 5.10 Å². The van der Waals surface area contributed by atoms with E-state index < -0.39 is 0 Å². The van der Waals surface area contributed by atoms with E-state index in [1.807, 2.05) is 12.1 Å². The number of halogens is 1. The van der Waals surface area contributed by atoms with Crippen molar-refractivity contribution in [3.05, 3.63) is 76.0 Å². The summed E-state index contributed by atoms with van der Waals surface area (Å²) in [5.74, 6) is 0.607. The number of ether oxygens (including phenoxy) is 1. The molecule has 0 radical (unpaired) electrons. The molecule has 6 nitrogen and oxygen atoms in total. The molecule has 0 aliphatic carbocycles. The Labute approximate surface area is 167 Å². The van der Waals surface area contributed by atoms with Gasteiger partial charge in [0.1, 0.15) is 5.75 Å². The van der Waals surface area contributed by atoms with Gasteiger partial charge in [0.15, 0.2) is 0 Å². The summed E-state index contributed by atoms with van der Waals surface area (Å²) in [7, 11) is 1.59. The van der Waals surface area contributed by atoms with E-state index in [1.54, 1.807) is 49.6 Å². The van der Waals surface area contributed by atoms with E-state index in [0.29, 0.717) is 29.4 Å². The molecule has 1 aromatic heterocycles. The standard InChI is InChI=1S/C21H20ClN3O3/c1-28-18-10-8-17(9-11-18)23-20(26)3-2-14-25-21(27)13-12-19(24-25)15-4-6-16(22)7-5-15/h4-13H,2-3,14H2,1H3,(H,23,26). The van der Waals surface area contributed by atoms with Crippen molar-refractivity contribution in [3.63, 3.8) is 0 Å². The molecule has 0 atom stereocenters. The summed E-state index contributed by atoms with van der Waals surface area (Å²) in [6.07, 6.45) is 0.782. The van der Waals surface area contributed by atoms with Gasteiger partial charge in [0.05, 0.1) is 12.8 Å². The first-order valence-electron chi connectivity index (χ1n) is 8.83. The lowest BCUT2D eigenvalue weighted by Crippen LogP contribution is -2.23. The Morgan fingerprint density at radius 2 is 1.79 bits per heavy atom. The minimum absolute atomic E-state index is 0.118. The van der Waals surface area contributed by atoms with Crippen molar-refractivity contribution in [3.8, 4) is 17.0 Å². The van der Waals surface area contributed by atoms with Gasteiger partial charge >= 0.3 is 0 Å². The van der Waals surface area contributed by atoms with Crippen LogP contribution in [0, 0.1) is 0 Å². The highest BCUT2D eigenvalue weighted by Gasteiger charge is 2.06. The van der Waals surface area contributed by atoms with Crippen molar-refractivity contribution in [1.82, 2.24) is 9.78 Å². The lowest BCUT2D eigenvalue weighted by atomic mass is 10.1. The molecule has 0 aliphatic rings. The number of amides is 1. The molecule has 0 saturated heterocycles. The number of anilines is 1. The third-order valence-electron chi connectivity index (χ3n) is 4.15. The Morgan fingerprint density at radius 1 is 1.07 bits per heavy atom. The van der Waals surface area contributed by atoms with Gasteiger partial charge in [-0.3, -0.25) is 9.59 Å². The summed E-state index contributed by atoms with van der Waals surface area (Å²) in [6.45, 7) is 0.357. The molecule has 0 unspecified atom stereocenters. The maximum Gasteiger partial charge on any atom is 0.266 e. The van der Waals surface area contributed by atoms with E-state index in [1.165, 1.54) is 10.7 Å². The van der Waals surface area contributed by atoms with Crippen LogP contribution in [0.3, 0.4) is 0 Å². The quantitative estimate of drug-likeness (QED) is 0.654. The Kier molecular flexibility index (Phi) is 6.45. The molecule has 144 valence electrons. The van der Waals surface area contributed by atoms with Crippen LogP contribution >= 0.6 is 11.6 Å². The summed E-state index contributed by atoms with van der Waals surface area (Å²) < 4.78 is 6.47. The lowest BCUT2D eigenvalue weighted by Gasteiger charge is -2.08. The predicted octanol–water partition coefficient (Wildman–Crippen LogP) is 3.99. The SMILES string of the molecule is COc1ccc(NC(=O)CCCn2nc(-c3ccc(Cl)cc3)ccc2=O)cc1. The smallest absolute Gasteiger partial charge is 0.266 e. The van der Waals surface area contributed by atoms with Crippen LogP contribution < -0.4 is 15.6 Å². The van der Waals surface area contributed by atoms with Crippen LogP contribution in [0.25, 0.3) is 11.3 Å². The molecular weight excluding hydrogens is 378 g/mol. The number of hydrogen-bond donors (Lipinski definition) is 1. The van der Waals surface area contributed by atoms with E-state index >= 15 is 0 Å². The highest BCUT2D eigenvalue weighted by molar-refractivity contribution is 6.30. The second-order valence-corrected chi connectivity index (χ2v) is 6.60. The summed E-state index contributed by atoms with van der Waals surface area (Å²) in [5.41, 5.74) is 2.05. The number of aryl methyl sites for hydroxylation is 1. The summed E-state index contributed by atoms with van der Waals surface area (Å²) in [6, 6.07) is 17.5. The summed E-state index contributed by atoms with van der Waals surface area (Å²) in [4.78, 5) is 24.2. The minimum atomic E-state index is -0.201. The van der Waals surface area contributed by atoms with Gasteiger partial charge in [-0.1, -0.05) is 23.7 Å². The molecule has 0 bridgehead atoms. The summed E-state index contributed by atoms with van der Waals surface area (Å²) in [5, 5.41) is 7.85. The second-order valence-electron chi connectivity index (χ2n) is 6.17. The number of aromatic nitrogens is 2. The maximum atomic E-state index is 12.1.